The summed E-state index contributed by atoms with van der Waals surface area (Å²) in [5.41, 5.74) is 1.08. The second-order valence-corrected chi connectivity index (χ2v) is 9.10. The van der Waals surface area contributed by atoms with Crippen molar-refractivity contribution in [3.8, 4) is 0 Å². The maximum Gasteiger partial charge on any atom is 0.135 e. The summed E-state index contributed by atoms with van der Waals surface area (Å²) in [4.78, 5) is 12.0. The number of benzene rings is 1. The van der Waals surface area contributed by atoms with Gasteiger partial charge in [0.05, 0.1) is 19.3 Å². The lowest BCUT2D eigenvalue weighted by Crippen LogP contribution is -2.19. The number of carbonyl (C=O) groups excluding carboxylic acids is 1. The summed E-state index contributed by atoms with van der Waals surface area (Å²) in [6.07, 6.45) is 20.1. The molecule has 3 nitrogen and oxygen atoms in total. The van der Waals surface area contributed by atoms with Gasteiger partial charge in [0.2, 0.25) is 0 Å². The third-order valence-corrected chi connectivity index (χ3v) is 5.94. The van der Waals surface area contributed by atoms with Crippen LogP contribution in [0.25, 0.3) is 0 Å². The maximum absolute atomic E-state index is 12.0. The Hall–Kier alpha value is -1.19. The van der Waals surface area contributed by atoms with Gasteiger partial charge in [0.25, 0.3) is 0 Å². The van der Waals surface area contributed by atoms with Crippen molar-refractivity contribution in [3.63, 3.8) is 0 Å². The van der Waals surface area contributed by atoms with Crippen LogP contribution in [0.2, 0.25) is 0 Å². The van der Waals surface area contributed by atoms with Gasteiger partial charge in [-0.15, -0.1) is 0 Å². The monoisotopic (exact) mass is 432 g/mol. The fourth-order valence-electron chi connectivity index (χ4n) is 4.00. The molecule has 0 spiro atoms. The number of aliphatic hydroxyl groups excluding tert-OH is 1. The maximum atomic E-state index is 12.0. The van der Waals surface area contributed by atoms with E-state index in [0.29, 0.717) is 13.0 Å². The zero-order valence-electron chi connectivity index (χ0n) is 20.2. The van der Waals surface area contributed by atoms with E-state index in [0.717, 1.165) is 18.4 Å². The van der Waals surface area contributed by atoms with Crippen LogP contribution in [0.4, 0.5) is 0 Å². The normalized spacial score (nSPS) is 12.2. The van der Waals surface area contributed by atoms with Crippen molar-refractivity contribution in [2.24, 2.45) is 0 Å². The molecule has 1 aromatic carbocycles. The average molecular weight is 433 g/mol. The van der Waals surface area contributed by atoms with Crippen LogP contribution in [0.1, 0.15) is 122 Å². The van der Waals surface area contributed by atoms with Crippen molar-refractivity contribution in [3.05, 3.63) is 35.9 Å². The molecular formula is C28H48O3. The minimum atomic E-state index is -0.687. The molecule has 1 rings (SSSR count). The molecule has 0 saturated heterocycles. The van der Waals surface area contributed by atoms with Crippen LogP contribution in [0.5, 0.6) is 0 Å². The molecule has 0 radical (unpaired) electrons. The highest BCUT2D eigenvalue weighted by atomic mass is 16.5. The molecule has 0 fully saturated rings. The highest BCUT2D eigenvalue weighted by molar-refractivity contribution is 5.78. The van der Waals surface area contributed by atoms with Gasteiger partial charge in [0, 0.05) is 12.8 Å². The molecule has 1 N–H and O–H groups in total. The Balaban J connectivity index is 1.81. The summed E-state index contributed by atoms with van der Waals surface area (Å²) in [5.74, 6) is 0.158. The van der Waals surface area contributed by atoms with E-state index in [1.54, 1.807) is 0 Å². The summed E-state index contributed by atoms with van der Waals surface area (Å²) < 4.78 is 5.51. The van der Waals surface area contributed by atoms with Crippen LogP contribution in [0.3, 0.4) is 0 Å². The Kier molecular flexibility index (Phi) is 18.6. The van der Waals surface area contributed by atoms with Crippen molar-refractivity contribution >= 4 is 5.78 Å². The molecule has 0 unspecified atom stereocenters. The number of hydrogen-bond acceptors (Lipinski definition) is 3. The van der Waals surface area contributed by atoms with Crippen LogP contribution in [0, 0.1) is 0 Å². The lowest BCUT2D eigenvalue weighted by molar-refractivity contribution is -0.122. The summed E-state index contributed by atoms with van der Waals surface area (Å²) in [6, 6.07) is 9.89. The number of carbonyl (C=O) groups is 1. The Bertz CT molecular complexity index is 514. The molecule has 0 aliphatic rings. The van der Waals surface area contributed by atoms with Crippen LogP contribution in [0.15, 0.2) is 30.3 Å². The van der Waals surface area contributed by atoms with Crippen molar-refractivity contribution < 1.29 is 14.6 Å². The van der Waals surface area contributed by atoms with E-state index in [4.69, 9.17) is 4.74 Å². The van der Waals surface area contributed by atoms with Crippen LogP contribution in [-0.2, 0) is 16.1 Å². The summed E-state index contributed by atoms with van der Waals surface area (Å²) in [6.45, 7) is 2.97. The lowest BCUT2D eigenvalue weighted by Gasteiger charge is -2.11. The fourth-order valence-corrected chi connectivity index (χ4v) is 4.00. The fraction of sp³-hybridized carbons (Fsp3) is 0.750. The van der Waals surface area contributed by atoms with E-state index in [1.807, 2.05) is 30.3 Å². The third kappa shape index (κ3) is 18.1. The Morgan fingerprint density at radius 3 is 1.77 bits per heavy atom. The molecular weight excluding hydrogens is 384 g/mol. The molecule has 0 amide bonds. The van der Waals surface area contributed by atoms with Crippen LogP contribution >= 0.6 is 0 Å². The topological polar surface area (TPSA) is 46.5 Å². The molecule has 0 heterocycles. The van der Waals surface area contributed by atoms with Gasteiger partial charge in [0.15, 0.2) is 0 Å². The average Bonchev–Trinajstić information content (AvgIpc) is 2.77. The molecule has 0 saturated carbocycles. The summed E-state index contributed by atoms with van der Waals surface area (Å²) in [5, 5.41) is 9.98. The largest absolute Gasteiger partial charge is 0.390 e. The van der Waals surface area contributed by atoms with E-state index in [9.17, 15) is 9.90 Å². The first-order valence-electron chi connectivity index (χ1n) is 13.0. The van der Waals surface area contributed by atoms with Crippen molar-refractivity contribution in [2.45, 2.75) is 129 Å². The van der Waals surface area contributed by atoms with E-state index in [2.05, 4.69) is 6.92 Å². The van der Waals surface area contributed by atoms with E-state index < -0.39 is 6.10 Å². The number of unbranched alkanes of at least 4 members (excludes halogenated alkanes) is 14. The predicted molar refractivity (Wildman–Crippen MR) is 131 cm³/mol. The van der Waals surface area contributed by atoms with Gasteiger partial charge in [-0.25, -0.2) is 0 Å². The molecule has 31 heavy (non-hydrogen) atoms. The van der Waals surface area contributed by atoms with Gasteiger partial charge in [-0.05, 0) is 12.0 Å². The summed E-state index contributed by atoms with van der Waals surface area (Å²) >= 11 is 0. The molecule has 0 aliphatic carbocycles. The first-order chi connectivity index (χ1) is 15.2. The third-order valence-electron chi connectivity index (χ3n) is 5.94. The second-order valence-electron chi connectivity index (χ2n) is 9.10. The van der Waals surface area contributed by atoms with Gasteiger partial charge in [-0.2, -0.15) is 0 Å². The first kappa shape index (κ1) is 27.8. The molecule has 0 bridgehead atoms. The summed E-state index contributed by atoms with van der Waals surface area (Å²) in [7, 11) is 0. The highest BCUT2D eigenvalue weighted by Gasteiger charge is 2.11. The van der Waals surface area contributed by atoms with Crippen LogP contribution in [-0.4, -0.2) is 23.6 Å². The van der Waals surface area contributed by atoms with Gasteiger partial charge in [-0.3, -0.25) is 4.79 Å². The number of ether oxygens (including phenoxy) is 1. The SMILES string of the molecule is CCCCCCCCCCCCCCCCCC(=O)C[C@@H](O)COCc1ccccc1. The molecule has 1 atom stereocenters. The standard InChI is InChI=1S/C28H48O3/c1-2-3-4-5-6-7-8-9-10-11-12-13-14-15-19-22-27(29)23-28(30)25-31-24-26-20-17-16-18-21-26/h16-18,20-21,28,30H,2-15,19,22-25H2,1H3/t28-/m1/s1. The van der Waals surface area contributed by atoms with E-state index >= 15 is 0 Å². The van der Waals surface area contributed by atoms with Gasteiger partial charge in [0.1, 0.15) is 5.78 Å². The van der Waals surface area contributed by atoms with E-state index in [1.165, 1.54) is 83.5 Å². The highest BCUT2D eigenvalue weighted by Crippen LogP contribution is 2.14. The van der Waals surface area contributed by atoms with Crippen molar-refractivity contribution in [2.75, 3.05) is 6.61 Å². The lowest BCUT2D eigenvalue weighted by atomic mass is 10.0. The van der Waals surface area contributed by atoms with E-state index in [-0.39, 0.29) is 18.8 Å². The molecule has 0 aromatic heterocycles. The van der Waals surface area contributed by atoms with Gasteiger partial charge in [-0.1, -0.05) is 127 Å². The smallest absolute Gasteiger partial charge is 0.135 e. The first-order valence-corrected chi connectivity index (χ1v) is 13.0. The minimum Gasteiger partial charge on any atom is -0.390 e. The van der Waals surface area contributed by atoms with Crippen LogP contribution < -0.4 is 0 Å². The van der Waals surface area contributed by atoms with Crippen molar-refractivity contribution in [1.82, 2.24) is 0 Å². The Labute approximate surface area is 192 Å². The minimum absolute atomic E-state index is 0.158. The Morgan fingerprint density at radius 1 is 0.774 bits per heavy atom. The molecule has 0 aliphatic heterocycles. The van der Waals surface area contributed by atoms with Gasteiger partial charge >= 0.3 is 0 Å². The zero-order valence-corrected chi connectivity index (χ0v) is 20.2. The zero-order chi connectivity index (χ0) is 22.4. The number of hydrogen-bond donors (Lipinski definition) is 1. The van der Waals surface area contributed by atoms with Crippen molar-refractivity contribution in [1.29, 1.82) is 0 Å². The molecule has 3 heteroatoms. The molecule has 1 aromatic rings. The number of rotatable bonds is 22. The number of Topliss-reactive ketones (excluding diaryl/α,β-unsaturated/α-hetero) is 1. The number of aliphatic hydroxyl groups is 1. The van der Waals surface area contributed by atoms with Gasteiger partial charge < -0.3 is 9.84 Å². The second kappa shape index (κ2) is 20.7. The predicted octanol–water partition coefficient (Wildman–Crippen LogP) is 7.78. The number of ketones is 1. The quantitative estimate of drug-likeness (QED) is 0.190. The molecule has 178 valence electrons. The Morgan fingerprint density at radius 2 is 1.26 bits per heavy atom.